The van der Waals surface area contributed by atoms with Crippen molar-refractivity contribution in [2.24, 2.45) is 0 Å². The molecule has 35 heavy (non-hydrogen) atoms. The third-order valence-electron chi connectivity index (χ3n) is 6.64. The van der Waals surface area contributed by atoms with E-state index in [2.05, 4.69) is 25.8 Å². The summed E-state index contributed by atoms with van der Waals surface area (Å²) in [5.74, 6) is 0.228. The van der Waals surface area contributed by atoms with E-state index in [1.807, 2.05) is 38.1 Å². The van der Waals surface area contributed by atoms with Crippen LogP contribution in [0.2, 0.25) is 0 Å². The summed E-state index contributed by atoms with van der Waals surface area (Å²) in [6.45, 7) is 7.84. The molecule has 2 unspecified atom stereocenters. The van der Waals surface area contributed by atoms with Gasteiger partial charge in [-0.15, -0.1) is 0 Å². The molecule has 2 saturated heterocycles. The van der Waals surface area contributed by atoms with Gasteiger partial charge in [0.05, 0.1) is 5.69 Å². The summed E-state index contributed by atoms with van der Waals surface area (Å²) in [7, 11) is 0. The summed E-state index contributed by atoms with van der Waals surface area (Å²) >= 11 is 0. The molecule has 3 heterocycles. The van der Waals surface area contributed by atoms with E-state index in [0.717, 1.165) is 51.1 Å². The number of hydrogen-bond acceptors (Lipinski definition) is 6. The lowest BCUT2D eigenvalue weighted by molar-refractivity contribution is 0.143. The van der Waals surface area contributed by atoms with Crippen molar-refractivity contribution in [3.05, 3.63) is 52.6 Å². The molecule has 1 aromatic heterocycles. The highest BCUT2D eigenvalue weighted by atomic mass is 16.4. The molecule has 2 aliphatic rings. The maximum absolute atomic E-state index is 12.7. The van der Waals surface area contributed by atoms with Crippen molar-refractivity contribution in [2.45, 2.75) is 51.4 Å². The molecular formula is C24H33N7O4. The van der Waals surface area contributed by atoms with Crippen LogP contribution in [-0.2, 0) is 6.54 Å². The van der Waals surface area contributed by atoms with Crippen LogP contribution in [-0.4, -0.2) is 80.9 Å². The number of urea groups is 1. The highest BCUT2D eigenvalue weighted by molar-refractivity contribution is 5.88. The monoisotopic (exact) mass is 483 g/mol. The van der Waals surface area contributed by atoms with Gasteiger partial charge in [0.1, 0.15) is 5.82 Å². The van der Waals surface area contributed by atoms with Crippen molar-refractivity contribution < 1.29 is 14.7 Å². The van der Waals surface area contributed by atoms with Crippen LogP contribution >= 0.6 is 0 Å². The van der Waals surface area contributed by atoms with Crippen molar-refractivity contribution in [3.8, 4) is 5.69 Å². The number of carboxylic acid groups (broad SMARTS) is 1. The molecule has 2 aromatic rings. The third-order valence-corrected chi connectivity index (χ3v) is 6.64. The lowest BCUT2D eigenvalue weighted by atomic mass is 10.0. The quantitative estimate of drug-likeness (QED) is 0.509. The number of nitrogens with one attached hydrogen (secondary N) is 3. The molecule has 1 aromatic carbocycles. The fourth-order valence-corrected chi connectivity index (χ4v) is 4.81. The first-order chi connectivity index (χ1) is 16.8. The van der Waals surface area contributed by atoms with Gasteiger partial charge in [0.25, 0.3) is 0 Å². The number of benzene rings is 1. The number of piperazine rings is 1. The van der Waals surface area contributed by atoms with Gasteiger partial charge >= 0.3 is 17.8 Å². The number of piperidine rings is 1. The summed E-state index contributed by atoms with van der Waals surface area (Å²) in [4.78, 5) is 44.3. The normalized spacial score (nSPS) is 21.5. The van der Waals surface area contributed by atoms with Gasteiger partial charge in [-0.05, 0) is 50.5 Å². The minimum Gasteiger partial charge on any atom is -0.465 e. The van der Waals surface area contributed by atoms with E-state index in [1.54, 1.807) is 17.2 Å². The molecule has 0 bridgehead atoms. The summed E-state index contributed by atoms with van der Waals surface area (Å²) in [6, 6.07) is 9.18. The lowest BCUT2D eigenvalue weighted by Gasteiger charge is -2.39. The SMILES string of the molecule is CC1CNCC(C)N1C(=O)Nc1ccn(-c2ccc(CN3CCC(NC(=O)O)CC3)cc2)c(=O)n1. The molecule has 0 aliphatic carbocycles. The van der Waals surface area contributed by atoms with E-state index < -0.39 is 11.8 Å². The number of aromatic nitrogens is 2. The maximum atomic E-state index is 12.7. The van der Waals surface area contributed by atoms with Crippen LogP contribution in [0.3, 0.4) is 0 Å². The van der Waals surface area contributed by atoms with E-state index in [4.69, 9.17) is 5.11 Å². The number of rotatable bonds is 5. The van der Waals surface area contributed by atoms with Crippen LogP contribution in [0, 0.1) is 0 Å². The Morgan fingerprint density at radius 3 is 2.34 bits per heavy atom. The van der Waals surface area contributed by atoms with Crippen molar-refractivity contribution in [1.29, 1.82) is 0 Å². The molecule has 2 fully saturated rings. The van der Waals surface area contributed by atoms with E-state index in [0.29, 0.717) is 5.69 Å². The number of nitrogens with zero attached hydrogens (tertiary/aromatic N) is 4. The Hall–Kier alpha value is -3.44. The molecule has 11 nitrogen and oxygen atoms in total. The third kappa shape index (κ3) is 6.17. The van der Waals surface area contributed by atoms with Crippen LogP contribution < -0.4 is 21.6 Å². The van der Waals surface area contributed by atoms with Crippen molar-refractivity contribution in [1.82, 2.24) is 30.0 Å². The summed E-state index contributed by atoms with van der Waals surface area (Å²) in [5, 5.41) is 17.5. The molecule has 0 saturated carbocycles. The second-order valence-electron chi connectivity index (χ2n) is 9.33. The van der Waals surface area contributed by atoms with Crippen molar-refractivity contribution in [2.75, 3.05) is 31.5 Å². The topological polar surface area (TPSA) is 132 Å². The smallest absolute Gasteiger partial charge is 0.404 e. The molecular weight excluding hydrogens is 450 g/mol. The van der Waals surface area contributed by atoms with E-state index in [-0.39, 0.29) is 30.0 Å². The van der Waals surface area contributed by atoms with Crippen LogP contribution in [0.15, 0.2) is 41.3 Å². The van der Waals surface area contributed by atoms with Gasteiger partial charge in [-0.3, -0.25) is 14.8 Å². The van der Waals surface area contributed by atoms with E-state index in [1.165, 1.54) is 4.57 Å². The van der Waals surface area contributed by atoms with Gasteiger partial charge in [0, 0.05) is 57.0 Å². The minimum absolute atomic E-state index is 0.0157. The lowest BCUT2D eigenvalue weighted by Crippen LogP contribution is -2.58. The largest absolute Gasteiger partial charge is 0.465 e. The average Bonchev–Trinajstić information content (AvgIpc) is 2.81. The van der Waals surface area contributed by atoms with E-state index >= 15 is 0 Å². The molecule has 0 radical (unpaired) electrons. The second kappa shape index (κ2) is 10.9. The fourth-order valence-electron chi connectivity index (χ4n) is 4.81. The van der Waals surface area contributed by atoms with E-state index in [9.17, 15) is 14.4 Å². The second-order valence-corrected chi connectivity index (χ2v) is 9.33. The Morgan fingerprint density at radius 2 is 1.74 bits per heavy atom. The number of amides is 3. The number of anilines is 1. The Morgan fingerprint density at radius 1 is 1.09 bits per heavy atom. The molecule has 4 N–H and O–H groups in total. The number of likely N-dealkylation sites (tertiary alicyclic amines) is 1. The molecule has 2 atom stereocenters. The predicted octanol–water partition coefficient (Wildman–Crippen LogP) is 1.68. The van der Waals surface area contributed by atoms with Gasteiger partial charge in [-0.2, -0.15) is 4.98 Å². The molecule has 2 aliphatic heterocycles. The first-order valence-corrected chi connectivity index (χ1v) is 12.0. The van der Waals surface area contributed by atoms with Gasteiger partial charge in [-0.1, -0.05) is 12.1 Å². The molecule has 11 heteroatoms. The van der Waals surface area contributed by atoms with Crippen LogP contribution in [0.25, 0.3) is 5.69 Å². The Labute approximate surface area is 204 Å². The van der Waals surface area contributed by atoms with Crippen molar-refractivity contribution >= 4 is 17.9 Å². The predicted molar refractivity (Wildman–Crippen MR) is 132 cm³/mol. The van der Waals surface area contributed by atoms with Gasteiger partial charge in [0.2, 0.25) is 0 Å². The number of hydrogen-bond donors (Lipinski definition) is 4. The van der Waals surface area contributed by atoms with Gasteiger partial charge < -0.3 is 20.6 Å². The minimum atomic E-state index is -0.970. The first kappa shape index (κ1) is 24.7. The Bertz CT molecular complexity index is 1090. The van der Waals surface area contributed by atoms with Gasteiger partial charge in [-0.25, -0.2) is 14.4 Å². The first-order valence-electron chi connectivity index (χ1n) is 12.0. The molecule has 0 spiro atoms. The van der Waals surface area contributed by atoms with Crippen LogP contribution in [0.4, 0.5) is 15.4 Å². The number of carbonyl (C=O) groups is 2. The van der Waals surface area contributed by atoms with Crippen LogP contribution in [0.5, 0.6) is 0 Å². The summed E-state index contributed by atoms with van der Waals surface area (Å²) in [6.07, 6.45) is 2.23. The van der Waals surface area contributed by atoms with Crippen molar-refractivity contribution in [3.63, 3.8) is 0 Å². The molecule has 188 valence electrons. The molecule has 4 rings (SSSR count). The molecule has 3 amide bonds. The van der Waals surface area contributed by atoms with Crippen LogP contribution in [0.1, 0.15) is 32.3 Å². The van der Waals surface area contributed by atoms with Gasteiger partial charge in [0.15, 0.2) is 0 Å². The summed E-state index contributed by atoms with van der Waals surface area (Å²) in [5.41, 5.74) is 1.34. The Balaban J connectivity index is 1.35. The highest BCUT2D eigenvalue weighted by Crippen LogP contribution is 2.16. The maximum Gasteiger partial charge on any atom is 0.404 e. The standard InChI is InChI=1S/C24H33N7O4/c1-16-13-25-14-17(2)31(16)23(33)28-21-9-12-30(22(32)27-21)20-5-3-18(4-6-20)15-29-10-7-19(8-11-29)26-24(34)35/h3-6,9,12,16-17,19,25-26H,7-8,10-11,13-15H2,1-2H3,(H,34,35)(H,27,28,32,33). The fraction of sp³-hybridized carbons (Fsp3) is 0.500. The number of carbonyl (C=O) groups excluding carboxylic acids is 1. The zero-order valence-corrected chi connectivity index (χ0v) is 20.1. The highest BCUT2D eigenvalue weighted by Gasteiger charge is 2.29. The zero-order valence-electron chi connectivity index (χ0n) is 20.1. The zero-order chi connectivity index (χ0) is 24.9. The summed E-state index contributed by atoms with van der Waals surface area (Å²) < 4.78 is 1.44. The Kier molecular flexibility index (Phi) is 7.67. The average molecular weight is 484 g/mol.